The molecule has 0 aromatic heterocycles. The first-order valence-electron chi connectivity index (χ1n) is 10.4. The van der Waals surface area contributed by atoms with Crippen LogP contribution in [0.25, 0.3) is 0 Å². The van der Waals surface area contributed by atoms with Crippen LogP contribution < -0.4 is 10.0 Å². The van der Waals surface area contributed by atoms with Gasteiger partial charge >= 0.3 is 0 Å². The Morgan fingerprint density at radius 3 is 2.24 bits per heavy atom. The van der Waals surface area contributed by atoms with Crippen LogP contribution in [0.1, 0.15) is 37.4 Å². The standard InChI is InChI=1S/C25H27N3O4S/c1-17-8-9-18(2)23(14-17)33(31,32)27-22-7-5-6-21(15-22)24(29)26-16-19-10-12-20(13-11-19)25(30)28(3)4/h5-15,27H,16H2,1-4H3,(H,26,29). The highest BCUT2D eigenvalue weighted by atomic mass is 32.2. The Kier molecular flexibility index (Phi) is 7.18. The largest absolute Gasteiger partial charge is 0.348 e. The van der Waals surface area contributed by atoms with Crippen LogP contribution in [-0.4, -0.2) is 39.2 Å². The van der Waals surface area contributed by atoms with Gasteiger partial charge < -0.3 is 10.2 Å². The van der Waals surface area contributed by atoms with Gasteiger partial charge in [-0.05, 0) is 66.9 Å². The number of amides is 2. The lowest BCUT2D eigenvalue weighted by molar-refractivity contribution is 0.0827. The third-order valence-corrected chi connectivity index (χ3v) is 6.59. The molecular weight excluding hydrogens is 438 g/mol. The highest BCUT2D eigenvalue weighted by molar-refractivity contribution is 7.92. The first-order valence-corrected chi connectivity index (χ1v) is 11.8. The summed E-state index contributed by atoms with van der Waals surface area (Å²) in [6, 6.07) is 18.6. The molecule has 8 heteroatoms. The molecule has 0 bridgehead atoms. The van der Waals surface area contributed by atoms with Crippen molar-refractivity contribution in [2.24, 2.45) is 0 Å². The van der Waals surface area contributed by atoms with Gasteiger partial charge in [0.2, 0.25) is 0 Å². The van der Waals surface area contributed by atoms with Gasteiger partial charge in [-0.3, -0.25) is 14.3 Å². The van der Waals surface area contributed by atoms with Crippen LogP contribution in [0.4, 0.5) is 5.69 Å². The number of nitrogens with zero attached hydrogens (tertiary/aromatic N) is 1. The molecule has 0 saturated heterocycles. The summed E-state index contributed by atoms with van der Waals surface area (Å²) in [5.74, 6) is -0.429. The molecule has 0 aliphatic carbocycles. The number of aryl methyl sites for hydroxylation is 2. The Hall–Kier alpha value is -3.65. The maximum absolute atomic E-state index is 12.8. The van der Waals surface area contributed by atoms with E-state index in [4.69, 9.17) is 0 Å². The minimum Gasteiger partial charge on any atom is -0.348 e. The summed E-state index contributed by atoms with van der Waals surface area (Å²) in [5, 5.41) is 2.81. The molecule has 3 rings (SSSR count). The maximum Gasteiger partial charge on any atom is 0.262 e. The van der Waals surface area contributed by atoms with Gasteiger partial charge in [0.15, 0.2) is 0 Å². The second-order valence-corrected chi connectivity index (χ2v) is 9.69. The molecule has 0 atom stereocenters. The van der Waals surface area contributed by atoms with Gasteiger partial charge in [-0.1, -0.05) is 30.3 Å². The van der Waals surface area contributed by atoms with E-state index >= 15 is 0 Å². The number of hydrogen-bond donors (Lipinski definition) is 2. The summed E-state index contributed by atoms with van der Waals surface area (Å²) >= 11 is 0. The second-order valence-electron chi connectivity index (χ2n) is 8.03. The SMILES string of the molecule is Cc1ccc(C)c(S(=O)(=O)Nc2cccc(C(=O)NCc3ccc(C(=O)N(C)C)cc3)c2)c1. The first kappa shape index (κ1) is 24.0. The van der Waals surface area contributed by atoms with Gasteiger partial charge in [0.25, 0.3) is 21.8 Å². The number of rotatable bonds is 7. The van der Waals surface area contributed by atoms with Crippen LogP contribution in [-0.2, 0) is 16.6 Å². The molecule has 0 aliphatic rings. The normalized spacial score (nSPS) is 11.0. The Balaban J connectivity index is 1.68. The van der Waals surface area contributed by atoms with Crippen LogP contribution >= 0.6 is 0 Å². The fourth-order valence-electron chi connectivity index (χ4n) is 3.24. The average Bonchev–Trinajstić information content (AvgIpc) is 2.78. The van der Waals surface area contributed by atoms with E-state index in [9.17, 15) is 18.0 Å². The van der Waals surface area contributed by atoms with Crippen LogP contribution in [0.5, 0.6) is 0 Å². The molecule has 2 amide bonds. The molecule has 0 saturated carbocycles. The van der Waals surface area contributed by atoms with E-state index in [0.717, 1.165) is 11.1 Å². The van der Waals surface area contributed by atoms with E-state index in [1.54, 1.807) is 75.6 Å². The number of carbonyl (C=O) groups excluding carboxylic acids is 2. The minimum absolute atomic E-state index is 0.0919. The van der Waals surface area contributed by atoms with Gasteiger partial charge in [0.1, 0.15) is 0 Å². The van der Waals surface area contributed by atoms with Crippen molar-refractivity contribution in [1.82, 2.24) is 10.2 Å². The van der Waals surface area contributed by atoms with Gasteiger partial charge in [-0.2, -0.15) is 0 Å². The fraction of sp³-hybridized carbons (Fsp3) is 0.200. The molecule has 33 heavy (non-hydrogen) atoms. The van der Waals surface area contributed by atoms with Crippen molar-refractivity contribution in [1.29, 1.82) is 0 Å². The quantitative estimate of drug-likeness (QED) is 0.556. The average molecular weight is 466 g/mol. The summed E-state index contributed by atoms with van der Waals surface area (Å²) in [4.78, 5) is 26.3. The van der Waals surface area contributed by atoms with Gasteiger partial charge in [0, 0.05) is 37.5 Å². The third-order valence-electron chi connectivity index (χ3n) is 5.07. The smallest absolute Gasteiger partial charge is 0.262 e. The summed E-state index contributed by atoms with van der Waals surface area (Å²) in [7, 11) is -0.420. The second kappa shape index (κ2) is 9.87. The van der Waals surface area contributed by atoms with Gasteiger partial charge in [0.05, 0.1) is 4.90 Å². The van der Waals surface area contributed by atoms with E-state index < -0.39 is 10.0 Å². The number of hydrogen-bond acceptors (Lipinski definition) is 4. The molecule has 3 aromatic carbocycles. The highest BCUT2D eigenvalue weighted by Crippen LogP contribution is 2.21. The van der Waals surface area contributed by atoms with Gasteiger partial charge in [-0.25, -0.2) is 8.42 Å². The van der Waals surface area contributed by atoms with Crippen molar-refractivity contribution in [3.05, 3.63) is 94.5 Å². The van der Waals surface area contributed by atoms with Crippen molar-refractivity contribution in [3.63, 3.8) is 0 Å². The predicted octanol–water partition coefficient (Wildman–Crippen LogP) is 3.74. The molecule has 0 fully saturated rings. The van der Waals surface area contributed by atoms with Crippen molar-refractivity contribution < 1.29 is 18.0 Å². The molecule has 0 radical (unpaired) electrons. The van der Waals surface area contributed by atoms with Crippen LogP contribution in [0.15, 0.2) is 71.6 Å². The van der Waals surface area contributed by atoms with Crippen LogP contribution in [0.2, 0.25) is 0 Å². The third kappa shape index (κ3) is 5.98. The Morgan fingerprint density at radius 2 is 1.58 bits per heavy atom. The number of nitrogens with one attached hydrogen (secondary N) is 2. The Labute approximate surface area is 194 Å². The highest BCUT2D eigenvalue weighted by Gasteiger charge is 2.18. The lowest BCUT2D eigenvalue weighted by Crippen LogP contribution is -2.23. The van der Waals surface area contributed by atoms with E-state index in [1.165, 1.54) is 11.0 Å². The zero-order valence-corrected chi connectivity index (χ0v) is 19.9. The van der Waals surface area contributed by atoms with Crippen LogP contribution in [0, 0.1) is 13.8 Å². The number of benzene rings is 3. The number of sulfonamides is 1. The van der Waals surface area contributed by atoms with Crippen molar-refractivity contribution in [3.8, 4) is 0 Å². The predicted molar refractivity (Wildman–Crippen MR) is 129 cm³/mol. The van der Waals surface area contributed by atoms with E-state index in [-0.39, 0.29) is 23.3 Å². The lowest BCUT2D eigenvalue weighted by Gasteiger charge is -2.12. The summed E-state index contributed by atoms with van der Waals surface area (Å²) < 4.78 is 28.2. The first-order chi connectivity index (χ1) is 15.6. The lowest BCUT2D eigenvalue weighted by atomic mass is 10.1. The molecule has 0 aliphatic heterocycles. The van der Waals surface area contributed by atoms with Crippen molar-refractivity contribution in [2.45, 2.75) is 25.3 Å². The van der Waals surface area contributed by atoms with Crippen molar-refractivity contribution in [2.75, 3.05) is 18.8 Å². The van der Waals surface area contributed by atoms with E-state index in [0.29, 0.717) is 22.4 Å². The molecule has 172 valence electrons. The number of carbonyl (C=O) groups is 2. The molecular formula is C25H27N3O4S. The zero-order valence-electron chi connectivity index (χ0n) is 19.0. The van der Waals surface area contributed by atoms with E-state index in [1.807, 2.05) is 13.0 Å². The molecule has 3 aromatic rings. The fourth-order valence-corrected chi connectivity index (χ4v) is 4.62. The minimum atomic E-state index is -3.79. The molecule has 2 N–H and O–H groups in total. The molecule has 0 spiro atoms. The topological polar surface area (TPSA) is 95.6 Å². The molecule has 7 nitrogen and oxygen atoms in total. The summed E-state index contributed by atoms with van der Waals surface area (Å²) in [6.45, 7) is 3.84. The summed E-state index contributed by atoms with van der Waals surface area (Å²) in [5.41, 5.74) is 3.52. The Bertz CT molecular complexity index is 1280. The zero-order chi connectivity index (χ0) is 24.2. The molecule has 0 heterocycles. The maximum atomic E-state index is 12.8. The van der Waals surface area contributed by atoms with E-state index in [2.05, 4.69) is 10.0 Å². The van der Waals surface area contributed by atoms with Crippen molar-refractivity contribution >= 4 is 27.5 Å². The molecule has 0 unspecified atom stereocenters. The number of anilines is 1. The monoisotopic (exact) mass is 465 g/mol. The summed E-state index contributed by atoms with van der Waals surface area (Å²) in [6.07, 6.45) is 0. The van der Waals surface area contributed by atoms with Crippen LogP contribution in [0.3, 0.4) is 0 Å². The van der Waals surface area contributed by atoms with Gasteiger partial charge in [-0.15, -0.1) is 0 Å². The Morgan fingerprint density at radius 1 is 0.879 bits per heavy atom.